The van der Waals surface area contributed by atoms with Gasteiger partial charge in [0.1, 0.15) is 0 Å². The van der Waals surface area contributed by atoms with Gasteiger partial charge < -0.3 is 5.32 Å². The maximum absolute atomic E-state index is 11.7. The standard InChI is InChI=1S/C14H11BrCl2N4O/c15-10-3-1-2-4-13(10)19-8-14(22)21-20-5-9-11(16)6-18-7-12(9)17/h1-7,19H,8H2,(H,21,22)/b20-5+. The lowest BCUT2D eigenvalue weighted by Crippen LogP contribution is -2.26. The zero-order valence-electron chi connectivity index (χ0n) is 11.2. The van der Waals surface area contributed by atoms with Crippen molar-refractivity contribution in [3.8, 4) is 0 Å². The van der Waals surface area contributed by atoms with E-state index in [2.05, 4.69) is 36.8 Å². The van der Waals surface area contributed by atoms with Gasteiger partial charge in [0.2, 0.25) is 0 Å². The van der Waals surface area contributed by atoms with Crippen LogP contribution in [-0.2, 0) is 4.79 Å². The first-order valence-corrected chi connectivity index (χ1v) is 7.72. The molecule has 0 saturated heterocycles. The Morgan fingerprint density at radius 3 is 2.64 bits per heavy atom. The van der Waals surface area contributed by atoms with Crippen molar-refractivity contribution in [2.24, 2.45) is 5.10 Å². The highest BCUT2D eigenvalue weighted by molar-refractivity contribution is 9.10. The Labute approximate surface area is 145 Å². The Kier molecular flexibility index (Phi) is 6.18. The van der Waals surface area contributed by atoms with E-state index in [1.807, 2.05) is 24.3 Å². The van der Waals surface area contributed by atoms with Crippen LogP contribution in [0.2, 0.25) is 10.0 Å². The lowest BCUT2D eigenvalue weighted by Gasteiger charge is -2.07. The number of anilines is 1. The lowest BCUT2D eigenvalue weighted by molar-refractivity contribution is -0.119. The number of carbonyl (C=O) groups is 1. The molecule has 1 aromatic carbocycles. The van der Waals surface area contributed by atoms with Gasteiger partial charge in [-0.3, -0.25) is 9.78 Å². The SMILES string of the molecule is O=C(CNc1ccccc1Br)N/N=C/c1c(Cl)cncc1Cl. The van der Waals surface area contributed by atoms with Gasteiger partial charge in [-0.1, -0.05) is 35.3 Å². The third kappa shape index (κ3) is 4.69. The van der Waals surface area contributed by atoms with E-state index in [1.165, 1.54) is 18.6 Å². The second-order valence-corrected chi connectivity index (χ2v) is 5.81. The molecule has 2 N–H and O–H groups in total. The molecular weight excluding hydrogens is 391 g/mol. The van der Waals surface area contributed by atoms with E-state index in [0.717, 1.165) is 10.2 Å². The van der Waals surface area contributed by atoms with Crippen LogP contribution in [0.25, 0.3) is 0 Å². The molecule has 1 heterocycles. The molecule has 114 valence electrons. The summed E-state index contributed by atoms with van der Waals surface area (Å²) in [5.41, 5.74) is 3.71. The number of nitrogens with zero attached hydrogens (tertiary/aromatic N) is 2. The van der Waals surface area contributed by atoms with Crippen molar-refractivity contribution in [2.45, 2.75) is 0 Å². The summed E-state index contributed by atoms with van der Waals surface area (Å²) >= 11 is 15.3. The average Bonchev–Trinajstić information content (AvgIpc) is 2.49. The van der Waals surface area contributed by atoms with Gasteiger partial charge in [-0.25, -0.2) is 5.43 Å². The monoisotopic (exact) mass is 400 g/mol. The Bertz CT molecular complexity index is 689. The Hall–Kier alpha value is -1.63. The van der Waals surface area contributed by atoms with Crippen molar-refractivity contribution < 1.29 is 4.79 Å². The zero-order chi connectivity index (χ0) is 15.9. The number of carbonyl (C=O) groups excluding carboxylic acids is 1. The van der Waals surface area contributed by atoms with Gasteiger partial charge in [-0.15, -0.1) is 0 Å². The molecule has 0 aliphatic rings. The molecule has 0 unspecified atom stereocenters. The minimum atomic E-state index is -0.298. The number of hydrazone groups is 1. The summed E-state index contributed by atoms with van der Waals surface area (Å²) in [6.07, 6.45) is 4.28. The molecule has 0 aliphatic carbocycles. The van der Waals surface area contributed by atoms with Crippen LogP contribution in [0, 0.1) is 0 Å². The van der Waals surface area contributed by atoms with E-state index in [0.29, 0.717) is 15.6 Å². The van der Waals surface area contributed by atoms with E-state index < -0.39 is 0 Å². The fourth-order valence-corrected chi connectivity index (χ4v) is 2.42. The Morgan fingerprint density at radius 2 is 1.95 bits per heavy atom. The fraction of sp³-hybridized carbons (Fsp3) is 0.0714. The molecule has 0 atom stereocenters. The van der Waals surface area contributed by atoms with Crippen molar-refractivity contribution in [3.63, 3.8) is 0 Å². The summed E-state index contributed by atoms with van der Waals surface area (Å²) in [4.78, 5) is 15.5. The van der Waals surface area contributed by atoms with Gasteiger partial charge in [0.25, 0.3) is 5.91 Å². The summed E-state index contributed by atoms with van der Waals surface area (Å²) in [7, 11) is 0. The van der Waals surface area contributed by atoms with E-state index >= 15 is 0 Å². The quantitative estimate of drug-likeness (QED) is 0.592. The topological polar surface area (TPSA) is 66.4 Å². The molecule has 0 aliphatic heterocycles. The van der Waals surface area contributed by atoms with Crippen LogP contribution >= 0.6 is 39.1 Å². The number of rotatable bonds is 5. The first kappa shape index (κ1) is 16.7. The highest BCUT2D eigenvalue weighted by atomic mass is 79.9. The van der Waals surface area contributed by atoms with Crippen molar-refractivity contribution in [1.29, 1.82) is 0 Å². The van der Waals surface area contributed by atoms with Crippen molar-refractivity contribution >= 4 is 56.9 Å². The number of hydrogen-bond acceptors (Lipinski definition) is 4. The Morgan fingerprint density at radius 1 is 1.27 bits per heavy atom. The summed E-state index contributed by atoms with van der Waals surface area (Å²) in [6.45, 7) is 0.0811. The van der Waals surface area contributed by atoms with Crippen LogP contribution in [-0.4, -0.2) is 23.7 Å². The van der Waals surface area contributed by atoms with E-state index in [4.69, 9.17) is 23.2 Å². The minimum absolute atomic E-state index is 0.0811. The molecule has 8 heteroatoms. The van der Waals surface area contributed by atoms with Crippen LogP contribution in [0.15, 0.2) is 46.2 Å². The number of para-hydroxylation sites is 1. The van der Waals surface area contributed by atoms with Crippen LogP contribution in [0.4, 0.5) is 5.69 Å². The molecule has 0 bridgehead atoms. The van der Waals surface area contributed by atoms with Gasteiger partial charge >= 0.3 is 0 Å². The summed E-state index contributed by atoms with van der Waals surface area (Å²) < 4.78 is 0.877. The van der Waals surface area contributed by atoms with Gasteiger partial charge in [0.15, 0.2) is 0 Å². The van der Waals surface area contributed by atoms with E-state index in [9.17, 15) is 4.79 Å². The van der Waals surface area contributed by atoms with Gasteiger partial charge in [-0.2, -0.15) is 5.10 Å². The van der Waals surface area contributed by atoms with Crippen LogP contribution in [0.3, 0.4) is 0 Å². The number of pyridine rings is 1. The first-order chi connectivity index (χ1) is 10.6. The highest BCUT2D eigenvalue weighted by Crippen LogP contribution is 2.21. The third-order valence-corrected chi connectivity index (χ3v) is 3.88. The normalized spacial score (nSPS) is 10.7. The highest BCUT2D eigenvalue weighted by Gasteiger charge is 2.04. The molecule has 2 rings (SSSR count). The molecule has 1 aromatic heterocycles. The number of hydrogen-bond donors (Lipinski definition) is 2. The minimum Gasteiger partial charge on any atom is -0.375 e. The second-order valence-electron chi connectivity index (χ2n) is 4.14. The molecule has 0 radical (unpaired) electrons. The fourth-order valence-electron chi connectivity index (χ4n) is 1.53. The number of benzene rings is 1. The first-order valence-electron chi connectivity index (χ1n) is 6.17. The van der Waals surface area contributed by atoms with Crippen LogP contribution in [0.5, 0.6) is 0 Å². The lowest BCUT2D eigenvalue weighted by atomic mass is 10.3. The summed E-state index contributed by atoms with van der Waals surface area (Å²) in [5.74, 6) is -0.298. The average molecular weight is 402 g/mol. The van der Waals surface area contributed by atoms with Gasteiger partial charge in [0, 0.05) is 28.1 Å². The molecule has 0 spiro atoms. The maximum atomic E-state index is 11.7. The van der Waals surface area contributed by atoms with Gasteiger partial charge in [-0.05, 0) is 28.1 Å². The smallest absolute Gasteiger partial charge is 0.259 e. The number of nitrogens with one attached hydrogen (secondary N) is 2. The van der Waals surface area contributed by atoms with Crippen LogP contribution < -0.4 is 10.7 Å². The number of aromatic nitrogens is 1. The Balaban J connectivity index is 1.88. The van der Waals surface area contributed by atoms with E-state index in [1.54, 1.807) is 0 Å². The van der Waals surface area contributed by atoms with Gasteiger partial charge in [0.05, 0.1) is 22.8 Å². The maximum Gasteiger partial charge on any atom is 0.259 e. The molecule has 1 amide bonds. The molecule has 5 nitrogen and oxygen atoms in total. The number of halogens is 3. The second kappa shape index (κ2) is 8.12. The number of amides is 1. The molecule has 2 aromatic rings. The molecule has 22 heavy (non-hydrogen) atoms. The zero-order valence-corrected chi connectivity index (χ0v) is 14.3. The third-order valence-electron chi connectivity index (χ3n) is 2.59. The van der Waals surface area contributed by atoms with Crippen molar-refractivity contribution in [2.75, 3.05) is 11.9 Å². The summed E-state index contributed by atoms with van der Waals surface area (Å²) in [5, 5.41) is 7.53. The summed E-state index contributed by atoms with van der Waals surface area (Å²) in [6, 6.07) is 7.50. The molecular formula is C14H11BrCl2N4O. The van der Waals surface area contributed by atoms with Crippen LogP contribution in [0.1, 0.15) is 5.56 Å². The largest absolute Gasteiger partial charge is 0.375 e. The molecule has 0 fully saturated rings. The predicted molar refractivity (Wildman–Crippen MR) is 92.6 cm³/mol. The van der Waals surface area contributed by atoms with Crippen molar-refractivity contribution in [3.05, 3.63) is 56.7 Å². The predicted octanol–water partition coefficient (Wildman–Crippen LogP) is 3.71. The van der Waals surface area contributed by atoms with Crippen molar-refractivity contribution in [1.82, 2.24) is 10.4 Å². The molecule has 0 saturated carbocycles. The van der Waals surface area contributed by atoms with E-state index in [-0.39, 0.29) is 12.5 Å².